The molecule has 1 aliphatic rings. The van der Waals surface area contributed by atoms with Gasteiger partial charge in [-0.05, 0) is 32.0 Å². The third kappa shape index (κ3) is 2.69. The van der Waals surface area contributed by atoms with Gasteiger partial charge in [-0.1, -0.05) is 0 Å². The minimum Gasteiger partial charge on any atom is -0.494 e. The van der Waals surface area contributed by atoms with Crippen molar-refractivity contribution in [2.75, 3.05) is 32.1 Å². The molecule has 1 aliphatic heterocycles. The highest BCUT2D eigenvalue weighted by Gasteiger charge is 2.19. The number of piperidine rings is 1. The van der Waals surface area contributed by atoms with Gasteiger partial charge < -0.3 is 15.0 Å². The SMILES string of the molecule is CNC1CCCN(c2ccc(OC)c(F)c2)C1. The van der Waals surface area contributed by atoms with Gasteiger partial charge in [0.05, 0.1) is 7.11 Å². The van der Waals surface area contributed by atoms with E-state index >= 15 is 0 Å². The van der Waals surface area contributed by atoms with Crippen LogP contribution in [0.1, 0.15) is 12.8 Å². The van der Waals surface area contributed by atoms with Crippen molar-refractivity contribution in [1.82, 2.24) is 5.32 Å². The number of benzene rings is 1. The summed E-state index contributed by atoms with van der Waals surface area (Å²) in [6.07, 6.45) is 2.32. The molecule has 1 N–H and O–H groups in total. The lowest BCUT2D eigenvalue weighted by Crippen LogP contribution is -2.44. The molecule has 1 unspecified atom stereocenters. The van der Waals surface area contributed by atoms with E-state index < -0.39 is 0 Å². The first-order valence-electron chi connectivity index (χ1n) is 6.00. The van der Waals surface area contributed by atoms with Gasteiger partial charge in [-0.25, -0.2) is 4.39 Å². The molecule has 0 saturated carbocycles. The number of rotatable bonds is 3. The summed E-state index contributed by atoms with van der Waals surface area (Å²) in [4.78, 5) is 2.22. The lowest BCUT2D eigenvalue weighted by atomic mass is 10.1. The van der Waals surface area contributed by atoms with E-state index in [1.807, 2.05) is 13.1 Å². The highest BCUT2D eigenvalue weighted by molar-refractivity contribution is 5.50. The second-order valence-corrected chi connectivity index (χ2v) is 4.39. The Morgan fingerprint density at radius 3 is 2.94 bits per heavy atom. The topological polar surface area (TPSA) is 24.5 Å². The number of nitrogens with zero attached hydrogens (tertiary/aromatic N) is 1. The van der Waals surface area contributed by atoms with Crippen LogP contribution in [0.5, 0.6) is 5.75 Å². The van der Waals surface area contributed by atoms with E-state index in [4.69, 9.17) is 4.74 Å². The van der Waals surface area contributed by atoms with Gasteiger partial charge in [-0.2, -0.15) is 0 Å². The van der Waals surface area contributed by atoms with Crippen molar-refractivity contribution in [3.8, 4) is 5.75 Å². The van der Waals surface area contributed by atoms with Crippen molar-refractivity contribution < 1.29 is 9.13 Å². The standard InChI is InChI=1S/C13H19FN2O/c1-15-10-4-3-7-16(9-10)11-5-6-13(17-2)12(14)8-11/h5-6,8,10,15H,3-4,7,9H2,1-2H3. The smallest absolute Gasteiger partial charge is 0.167 e. The van der Waals surface area contributed by atoms with Gasteiger partial charge in [0.1, 0.15) is 0 Å². The molecule has 1 aromatic rings. The molecule has 94 valence electrons. The number of nitrogens with one attached hydrogen (secondary N) is 1. The summed E-state index contributed by atoms with van der Waals surface area (Å²) in [5.74, 6) is 0.00695. The third-order valence-corrected chi connectivity index (χ3v) is 3.33. The number of methoxy groups -OCH3 is 1. The van der Waals surface area contributed by atoms with Crippen LogP contribution in [0.4, 0.5) is 10.1 Å². The molecule has 17 heavy (non-hydrogen) atoms. The highest BCUT2D eigenvalue weighted by Crippen LogP contribution is 2.25. The summed E-state index contributed by atoms with van der Waals surface area (Å²) in [6.45, 7) is 1.92. The molecular formula is C13H19FN2O. The zero-order valence-electron chi connectivity index (χ0n) is 10.4. The number of anilines is 1. The van der Waals surface area contributed by atoms with Gasteiger partial charge in [-0.15, -0.1) is 0 Å². The largest absolute Gasteiger partial charge is 0.494 e. The van der Waals surface area contributed by atoms with Crippen molar-refractivity contribution in [2.45, 2.75) is 18.9 Å². The summed E-state index contributed by atoms with van der Waals surface area (Å²) >= 11 is 0. The Labute approximate surface area is 102 Å². The zero-order chi connectivity index (χ0) is 12.3. The van der Waals surface area contributed by atoms with E-state index in [0.29, 0.717) is 11.8 Å². The molecular weight excluding hydrogens is 219 g/mol. The van der Waals surface area contributed by atoms with Crippen molar-refractivity contribution in [1.29, 1.82) is 0 Å². The van der Waals surface area contributed by atoms with Gasteiger partial charge in [0.25, 0.3) is 0 Å². The van der Waals surface area contributed by atoms with Crippen LogP contribution in [-0.2, 0) is 0 Å². The van der Waals surface area contributed by atoms with Crippen LogP contribution in [0.25, 0.3) is 0 Å². The predicted molar refractivity (Wildman–Crippen MR) is 67.2 cm³/mol. The van der Waals surface area contributed by atoms with E-state index in [1.165, 1.54) is 13.5 Å². The Bertz CT molecular complexity index is 384. The molecule has 1 atom stereocenters. The molecule has 0 amide bonds. The van der Waals surface area contributed by atoms with Crippen LogP contribution < -0.4 is 15.0 Å². The van der Waals surface area contributed by atoms with E-state index in [1.54, 1.807) is 12.1 Å². The van der Waals surface area contributed by atoms with Crippen molar-refractivity contribution >= 4 is 5.69 Å². The third-order valence-electron chi connectivity index (χ3n) is 3.33. The predicted octanol–water partition coefficient (Wildman–Crippen LogP) is 2.02. The maximum atomic E-state index is 13.6. The molecule has 0 radical (unpaired) electrons. The second kappa shape index (κ2) is 5.36. The quantitative estimate of drug-likeness (QED) is 0.872. The Kier molecular flexibility index (Phi) is 3.84. The van der Waals surface area contributed by atoms with Crippen molar-refractivity contribution in [3.63, 3.8) is 0 Å². The average Bonchev–Trinajstić information content (AvgIpc) is 2.38. The lowest BCUT2D eigenvalue weighted by Gasteiger charge is -2.34. The van der Waals surface area contributed by atoms with Gasteiger partial charge in [0.15, 0.2) is 11.6 Å². The molecule has 1 heterocycles. The van der Waals surface area contributed by atoms with E-state index in [-0.39, 0.29) is 5.82 Å². The van der Waals surface area contributed by atoms with Crippen LogP contribution in [0.15, 0.2) is 18.2 Å². The summed E-state index contributed by atoms with van der Waals surface area (Å²) in [7, 11) is 3.46. The van der Waals surface area contributed by atoms with Gasteiger partial charge in [0.2, 0.25) is 0 Å². The summed E-state index contributed by atoms with van der Waals surface area (Å²) in [5.41, 5.74) is 0.934. The van der Waals surface area contributed by atoms with E-state index in [0.717, 1.165) is 25.2 Å². The fourth-order valence-corrected chi connectivity index (χ4v) is 2.30. The minimum absolute atomic E-state index is 0.295. The average molecular weight is 238 g/mol. The summed E-state index contributed by atoms with van der Waals surface area (Å²) in [6, 6.07) is 5.65. The molecule has 0 aromatic heterocycles. The van der Waals surface area contributed by atoms with Crippen LogP contribution >= 0.6 is 0 Å². The molecule has 0 aliphatic carbocycles. The normalized spacial score (nSPS) is 20.4. The maximum absolute atomic E-state index is 13.6. The van der Waals surface area contributed by atoms with Crippen molar-refractivity contribution in [2.24, 2.45) is 0 Å². The Morgan fingerprint density at radius 1 is 1.47 bits per heavy atom. The maximum Gasteiger partial charge on any atom is 0.167 e. The van der Waals surface area contributed by atoms with Gasteiger partial charge >= 0.3 is 0 Å². The van der Waals surface area contributed by atoms with Crippen LogP contribution in [0.3, 0.4) is 0 Å². The first kappa shape index (κ1) is 12.2. The zero-order valence-corrected chi connectivity index (χ0v) is 10.4. The number of halogens is 1. The summed E-state index contributed by atoms with van der Waals surface area (Å²) < 4.78 is 18.5. The van der Waals surface area contributed by atoms with Crippen LogP contribution in [-0.4, -0.2) is 33.3 Å². The monoisotopic (exact) mass is 238 g/mol. The van der Waals surface area contributed by atoms with Crippen molar-refractivity contribution in [3.05, 3.63) is 24.0 Å². The van der Waals surface area contributed by atoms with E-state index in [2.05, 4.69) is 10.2 Å². The minimum atomic E-state index is -0.295. The summed E-state index contributed by atoms with van der Waals surface area (Å²) in [5, 5.41) is 3.28. The Balaban J connectivity index is 2.13. The fourth-order valence-electron chi connectivity index (χ4n) is 2.30. The molecule has 1 fully saturated rings. The second-order valence-electron chi connectivity index (χ2n) is 4.39. The Morgan fingerprint density at radius 2 is 2.29 bits per heavy atom. The lowest BCUT2D eigenvalue weighted by molar-refractivity contribution is 0.386. The van der Waals surface area contributed by atoms with E-state index in [9.17, 15) is 4.39 Å². The Hall–Kier alpha value is -1.29. The molecule has 0 bridgehead atoms. The molecule has 3 nitrogen and oxygen atoms in total. The number of ether oxygens (including phenoxy) is 1. The fraction of sp³-hybridized carbons (Fsp3) is 0.538. The van der Waals surface area contributed by atoms with Gasteiger partial charge in [-0.3, -0.25) is 0 Å². The highest BCUT2D eigenvalue weighted by atomic mass is 19.1. The molecule has 0 spiro atoms. The number of likely N-dealkylation sites (N-methyl/N-ethyl adjacent to an activating group) is 1. The first-order valence-corrected chi connectivity index (χ1v) is 6.00. The van der Waals surface area contributed by atoms with Gasteiger partial charge in [0, 0.05) is 30.9 Å². The molecule has 1 saturated heterocycles. The number of hydrogen-bond donors (Lipinski definition) is 1. The molecule has 2 rings (SSSR count). The molecule has 4 heteroatoms. The van der Waals surface area contributed by atoms with Crippen LogP contribution in [0, 0.1) is 5.82 Å². The van der Waals surface area contributed by atoms with Crippen LogP contribution in [0.2, 0.25) is 0 Å². The first-order chi connectivity index (χ1) is 8.24. The molecule has 1 aromatic carbocycles. The number of hydrogen-bond acceptors (Lipinski definition) is 3.